The summed E-state index contributed by atoms with van der Waals surface area (Å²) in [5.41, 5.74) is -0.622. The molecule has 2 aromatic rings. The fourth-order valence-electron chi connectivity index (χ4n) is 3.99. The average Bonchev–Trinajstić information content (AvgIpc) is 2.75. The topological polar surface area (TPSA) is 9.23 Å². The molecule has 0 bridgehead atoms. The van der Waals surface area contributed by atoms with Gasteiger partial charge in [0.1, 0.15) is 12.5 Å². The molecule has 7 heteroatoms. The van der Waals surface area contributed by atoms with Gasteiger partial charge in [0.2, 0.25) is 5.82 Å². The van der Waals surface area contributed by atoms with E-state index in [1.165, 1.54) is 24.3 Å². The normalized spacial score (nSPS) is 19.8. The predicted molar refractivity (Wildman–Crippen MR) is 103 cm³/mol. The summed E-state index contributed by atoms with van der Waals surface area (Å²) in [5, 5.41) is 0. The Morgan fingerprint density at radius 1 is 0.900 bits per heavy atom. The molecule has 0 aliphatic heterocycles. The van der Waals surface area contributed by atoms with E-state index in [4.69, 9.17) is 4.74 Å². The van der Waals surface area contributed by atoms with Crippen LogP contribution in [-0.4, -0.2) is 13.3 Å². The first-order chi connectivity index (χ1) is 14.4. The molecule has 0 atom stereocenters. The molecule has 0 unspecified atom stereocenters. The zero-order chi connectivity index (χ0) is 21.8. The summed E-state index contributed by atoms with van der Waals surface area (Å²) in [6.45, 7) is 0.593. The second-order valence-electron chi connectivity index (χ2n) is 7.36. The van der Waals surface area contributed by atoms with E-state index in [1.807, 2.05) is 0 Å². The van der Waals surface area contributed by atoms with Crippen molar-refractivity contribution in [1.82, 2.24) is 0 Å². The molecule has 0 spiro atoms. The minimum atomic E-state index is -1.31. The van der Waals surface area contributed by atoms with Crippen molar-refractivity contribution >= 4 is 0 Å². The maximum Gasteiger partial charge on any atom is 0.201 e. The first-order valence-corrected chi connectivity index (χ1v) is 9.88. The van der Waals surface area contributed by atoms with Crippen LogP contribution in [0.5, 0.6) is 5.75 Å². The lowest BCUT2D eigenvalue weighted by Crippen LogP contribution is -2.14. The zero-order valence-electron chi connectivity index (χ0n) is 16.5. The van der Waals surface area contributed by atoms with Gasteiger partial charge in [-0.3, -0.25) is 0 Å². The van der Waals surface area contributed by atoms with Gasteiger partial charge in [0.15, 0.2) is 23.2 Å². The molecule has 1 aliphatic carbocycles. The number of ether oxygens (including phenoxy) is 1. The third kappa shape index (κ3) is 4.50. The highest BCUT2D eigenvalue weighted by Crippen LogP contribution is 2.40. The molecule has 1 aliphatic rings. The van der Waals surface area contributed by atoms with Crippen molar-refractivity contribution in [1.29, 1.82) is 0 Å². The lowest BCUT2D eigenvalue weighted by Gasteiger charge is -2.27. The molecule has 1 fully saturated rings. The summed E-state index contributed by atoms with van der Waals surface area (Å²) in [6.07, 6.45) is 3.28. The Morgan fingerprint density at radius 2 is 1.50 bits per heavy atom. The van der Waals surface area contributed by atoms with E-state index in [9.17, 15) is 26.3 Å². The zero-order valence-corrected chi connectivity index (χ0v) is 16.5. The summed E-state index contributed by atoms with van der Waals surface area (Å²) in [5.74, 6) is -6.45. The van der Waals surface area contributed by atoms with Gasteiger partial charge in [-0.2, -0.15) is 4.39 Å². The minimum Gasteiger partial charge on any atom is -0.491 e. The fraction of sp³-hybridized carbons (Fsp3) is 0.391. The van der Waals surface area contributed by atoms with E-state index >= 15 is 0 Å². The Kier molecular flexibility index (Phi) is 7.10. The van der Waals surface area contributed by atoms with E-state index in [0.29, 0.717) is 25.7 Å². The van der Waals surface area contributed by atoms with Crippen LogP contribution in [0, 0.1) is 29.2 Å². The van der Waals surface area contributed by atoms with E-state index in [2.05, 4.69) is 0 Å². The molecular formula is C23H22F6O. The second-order valence-corrected chi connectivity index (χ2v) is 7.36. The molecular weight excluding hydrogens is 406 g/mol. The Balaban J connectivity index is 1.85. The van der Waals surface area contributed by atoms with Crippen LogP contribution in [0.4, 0.5) is 26.3 Å². The number of hydrogen-bond donors (Lipinski definition) is 0. The van der Waals surface area contributed by atoms with Gasteiger partial charge in [-0.15, -0.1) is 0 Å². The monoisotopic (exact) mass is 428 g/mol. The highest BCUT2D eigenvalue weighted by atomic mass is 19.2. The van der Waals surface area contributed by atoms with Crippen molar-refractivity contribution in [2.45, 2.75) is 38.5 Å². The van der Waals surface area contributed by atoms with Gasteiger partial charge < -0.3 is 4.74 Å². The van der Waals surface area contributed by atoms with Crippen molar-refractivity contribution in [3.05, 3.63) is 65.0 Å². The molecule has 1 saturated carbocycles. The Labute approximate surface area is 171 Å². The van der Waals surface area contributed by atoms with Crippen LogP contribution in [0.1, 0.15) is 44.1 Å². The average molecular weight is 428 g/mol. The number of halogens is 6. The highest BCUT2D eigenvalue weighted by molar-refractivity contribution is 5.66. The van der Waals surface area contributed by atoms with Crippen LogP contribution in [0.3, 0.4) is 0 Å². The standard InChI is InChI=1S/C23H22F6O/c1-2-30-19-10-9-18(22(28)23(19)29)17-8-7-16(20(26)21(17)27)14-5-3-13(4-6-14)11-15(25)12-24/h7-11,13-14H,2-6,12H2,1H3/b15-11-. The third-order valence-corrected chi connectivity index (χ3v) is 5.50. The summed E-state index contributed by atoms with van der Waals surface area (Å²) in [6, 6.07) is 4.94. The van der Waals surface area contributed by atoms with Gasteiger partial charge in [-0.05, 0) is 68.2 Å². The quantitative estimate of drug-likeness (QED) is 0.436. The number of benzene rings is 2. The van der Waals surface area contributed by atoms with Crippen LogP contribution in [0.15, 0.2) is 36.2 Å². The molecule has 0 radical (unpaired) electrons. The van der Waals surface area contributed by atoms with Crippen LogP contribution in [-0.2, 0) is 0 Å². The molecule has 0 N–H and O–H groups in total. The smallest absolute Gasteiger partial charge is 0.201 e. The van der Waals surface area contributed by atoms with Crippen LogP contribution in [0.2, 0.25) is 0 Å². The fourth-order valence-corrected chi connectivity index (χ4v) is 3.99. The maximum atomic E-state index is 14.8. The molecule has 2 aromatic carbocycles. The van der Waals surface area contributed by atoms with E-state index in [1.54, 1.807) is 6.92 Å². The van der Waals surface area contributed by atoms with Gasteiger partial charge in [0.25, 0.3) is 0 Å². The molecule has 162 valence electrons. The third-order valence-electron chi connectivity index (χ3n) is 5.50. The lowest BCUT2D eigenvalue weighted by atomic mass is 9.78. The van der Waals surface area contributed by atoms with Crippen molar-refractivity contribution in [2.24, 2.45) is 5.92 Å². The Bertz CT molecular complexity index is 932. The SMILES string of the molecule is CCOc1ccc(-c2ccc(C3CCC(/C=C(\F)CF)CC3)c(F)c2F)c(F)c1F. The molecule has 0 saturated heterocycles. The molecule has 0 aromatic heterocycles. The van der Waals surface area contributed by atoms with Gasteiger partial charge in [-0.25, -0.2) is 22.0 Å². The Morgan fingerprint density at radius 3 is 2.10 bits per heavy atom. The van der Waals surface area contributed by atoms with Gasteiger partial charge in [0, 0.05) is 11.1 Å². The van der Waals surface area contributed by atoms with Gasteiger partial charge in [-0.1, -0.05) is 12.1 Å². The Hall–Kier alpha value is -2.44. The number of hydrogen-bond acceptors (Lipinski definition) is 1. The summed E-state index contributed by atoms with van der Waals surface area (Å²) >= 11 is 0. The van der Waals surface area contributed by atoms with Crippen molar-refractivity contribution in [3.8, 4) is 16.9 Å². The summed E-state index contributed by atoms with van der Waals surface area (Å²) in [4.78, 5) is 0. The first kappa shape index (κ1) is 22.2. The van der Waals surface area contributed by atoms with Crippen LogP contribution < -0.4 is 4.74 Å². The van der Waals surface area contributed by atoms with Crippen molar-refractivity contribution in [3.63, 3.8) is 0 Å². The second kappa shape index (κ2) is 9.58. The largest absolute Gasteiger partial charge is 0.491 e. The van der Waals surface area contributed by atoms with Gasteiger partial charge >= 0.3 is 0 Å². The molecule has 3 rings (SSSR count). The van der Waals surface area contributed by atoms with E-state index in [0.717, 1.165) is 6.07 Å². The number of allylic oxidation sites excluding steroid dienone is 2. The molecule has 0 amide bonds. The van der Waals surface area contributed by atoms with Gasteiger partial charge in [0.05, 0.1) is 6.61 Å². The molecule has 30 heavy (non-hydrogen) atoms. The van der Waals surface area contributed by atoms with Crippen LogP contribution in [0.25, 0.3) is 11.1 Å². The van der Waals surface area contributed by atoms with Crippen LogP contribution >= 0.6 is 0 Å². The summed E-state index contributed by atoms with van der Waals surface area (Å²) in [7, 11) is 0. The summed E-state index contributed by atoms with van der Waals surface area (Å²) < 4.78 is 88.4. The molecule has 0 heterocycles. The first-order valence-electron chi connectivity index (χ1n) is 9.88. The van der Waals surface area contributed by atoms with Crippen molar-refractivity contribution < 1.29 is 31.1 Å². The highest BCUT2D eigenvalue weighted by Gasteiger charge is 2.27. The molecule has 1 nitrogen and oxygen atoms in total. The number of rotatable bonds is 6. The lowest BCUT2D eigenvalue weighted by molar-refractivity contribution is 0.314. The van der Waals surface area contributed by atoms with E-state index < -0.39 is 41.3 Å². The van der Waals surface area contributed by atoms with Crippen molar-refractivity contribution in [2.75, 3.05) is 13.3 Å². The minimum absolute atomic E-state index is 0.131. The predicted octanol–water partition coefficient (Wildman–Crippen LogP) is 7.41. The number of alkyl halides is 1. The van der Waals surface area contributed by atoms with E-state index in [-0.39, 0.29) is 35.3 Å². The maximum absolute atomic E-state index is 14.8.